The zero-order valence-electron chi connectivity index (χ0n) is 18.8. The van der Waals surface area contributed by atoms with Gasteiger partial charge < -0.3 is 19.9 Å². The van der Waals surface area contributed by atoms with Gasteiger partial charge >= 0.3 is 6.09 Å². The van der Waals surface area contributed by atoms with E-state index in [-0.39, 0.29) is 0 Å². The van der Waals surface area contributed by atoms with Gasteiger partial charge in [0.05, 0.1) is 17.4 Å². The van der Waals surface area contributed by atoms with Crippen LogP contribution in [0.1, 0.15) is 39.4 Å². The molecule has 0 radical (unpaired) electrons. The summed E-state index contributed by atoms with van der Waals surface area (Å²) >= 11 is 0. The minimum Gasteiger partial charge on any atom is -0.444 e. The van der Waals surface area contributed by atoms with E-state index in [4.69, 9.17) is 9.72 Å². The van der Waals surface area contributed by atoms with Gasteiger partial charge in [-0.05, 0) is 58.7 Å². The summed E-state index contributed by atoms with van der Waals surface area (Å²) in [6, 6.07) is 6.06. The maximum atomic E-state index is 11.7. The topological polar surface area (TPSA) is 111 Å². The SMILES string of the molecule is Cc1nnc2c(NCCCCNC(=O)OC(C)(C)C)nc3cc(-n4ccnc4)ccc3n12. The molecule has 0 unspecified atom stereocenters. The Labute approximate surface area is 186 Å². The van der Waals surface area contributed by atoms with Gasteiger partial charge in [0.1, 0.15) is 11.4 Å². The van der Waals surface area contributed by atoms with Gasteiger partial charge in [0, 0.05) is 31.2 Å². The third kappa shape index (κ3) is 4.79. The van der Waals surface area contributed by atoms with Crippen molar-refractivity contribution in [2.24, 2.45) is 0 Å². The van der Waals surface area contributed by atoms with Gasteiger partial charge in [-0.2, -0.15) is 0 Å². The van der Waals surface area contributed by atoms with Crippen LogP contribution in [0.2, 0.25) is 0 Å². The molecule has 0 aliphatic carbocycles. The first-order valence-corrected chi connectivity index (χ1v) is 10.7. The molecule has 1 aromatic carbocycles. The summed E-state index contributed by atoms with van der Waals surface area (Å²) in [5, 5.41) is 14.7. The first-order chi connectivity index (χ1) is 15.3. The number of hydrogen-bond donors (Lipinski definition) is 2. The van der Waals surface area contributed by atoms with Crippen molar-refractivity contribution in [3.8, 4) is 5.69 Å². The number of nitrogens with zero attached hydrogens (tertiary/aromatic N) is 6. The molecule has 0 saturated heterocycles. The number of imidazole rings is 1. The van der Waals surface area contributed by atoms with Crippen molar-refractivity contribution in [3.05, 3.63) is 42.7 Å². The summed E-state index contributed by atoms with van der Waals surface area (Å²) in [5.41, 5.74) is 2.95. The number of amides is 1. The number of carbonyl (C=O) groups excluding carboxylic acids is 1. The summed E-state index contributed by atoms with van der Waals surface area (Å²) < 4.78 is 9.19. The molecule has 168 valence electrons. The van der Waals surface area contributed by atoms with Gasteiger partial charge in [-0.25, -0.2) is 14.8 Å². The number of aryl methyl sites for hydroxylation is 1. The van der Waals surface area contributed by atoms with Crippen molar-refractivity contribution in [2.45, 2.75) is 46.1 Å². The number of hydrogen-bond acceptors (Lipinski definition) is 7. The predicted octanol–water partition coefficient (Wildman–Crippen LogP) is 3.49. The lowest BCUT2D eigenvalue weighted by Gasteiger charge is -2.19. The number of nitrogens with one attached hydrogen (secondary N) is 2. The molecule has 1 amide bonds. The van der Waals surface area contributed by atoms with Crippen LogP contribution in [0.3, 0.4) is 0 Å². The van der Waals surface area contributed by atoms with E-state index in [0.29, 0.717) is 24.6 Å². The Balaban J connectivity index is 1.44. The molecule has 3 aromatic heterocycles. The molecule has 2 N–H and O–H groups in total. The Morgan fingerprint density at radius 1 is 1.16 bits per heavy atom. The van der Waals surface area contributed by atoms with Gasteiger partial charge in [-0.3, -0.25) is 4.40 Å². The van der Waals surface area contributed by atoms with Crippen LogP contribution in [-0.2, 0) is 4.74 Å². The Morgan fingerprint density at radius 3 is 2.72 bits per heavy atom. The summed E-state index contributed by atoms with van der Waals surface area (Å²) in [6.45, 7) is 8.71. The monoisotopic (exact) mass is 436 g/mol. The van der Waals surface area contributed by atoms with E-state index in [1.807, 2.05) is 61.1 Å². The average molecular weight is 437 g/mol. The van der Waals surface area contributed by atoms with Crippen molar-refractivity contribution in [1.82, 2.24) is 34.4 Å². The quantitative estimate of drug-likeness (QED) is 0.427. The Kier molecular flexibility index (Phi) is 5.93. The number of ether oxygens (including phenoxy) is 1. The standard InChI is InChI=1S/C22H28N8O2/c1-15-27-28-20-19(24-9-5-6-10-25-21(31)32-22(2,3)4)26-17-13-16(29-12-11-23-14-29)7-8-18(17)30(15)20/h7-8,11-14H,5-6,9-10H2,1-4H3,(H,24,26)(H,25,31). The highest BCUT2D eigenvalue weighted by atomic mass is 16.6. The maximum absolute atomic E-state index is 11.7. The molecule has 4 rings (SSSR count). The number of rotatable bonds is 7. The van der Waals surface area contributed by atoms with Gasteiger partial charge in [-0.1, -0.05) is 0 Å². The molecule has 0 atom stereocenters. The van der Waals surface area contributed by atoms with Crippen molar-refractivity contribution in [2.75, 3.05) is 18.4 Å². The minimum absolute atomic E-state index is 0.393. The Hall–Kier alpha value is -3.69. The van der Waals surface area contributed by atoms with Gasteiger partial charge in [-0.15, -0.1) is 10.2 Å². The third-order valence-electron chi connectivity index (χ3n) is 4.84. The highest BCUT2D eigenvalue weighted by Crippen LogP contribution is 2.24. The van der Waals surface area contributed by atoms with Crippen LogP contribution < -0.4 is 10.6 Å². The van der Waals surface area contributed by atoms with Gasteiger partial charge in [0.2, 0.25) is 5.65 Å². The van der Waals surface area contributed by atoms with E-state index in [9.17, 15) is 4.79 Å². The van der Waals surface area contributed by atoms with Crippen molar-refractivity contribution in [1.29, 1.82) is 0 Å². The molecule has 32 heavy (non-hydrogen) atoms. The number of alkyl carbamates (subject to hydrolysis) is 1. The fourth-order valence-corrected chi connectivity index (χ4v) is 3.42. The average Bonchev–Trinajstić information content (AvgIpc) is 3.39. The number of carbonyl (C=O) groups is 1. The molecule has 4 aromatic rings. The van der Waals surface area contributed by atoms with E-state index < -0.39 is 11.7 Å². The molecule has 0 aliphatic rings. The van der Waals surface area contributed by atoms with Crippen molar-refractivity contribution < 1.29 is 9.53 Å². The molecule has 10 nitrogen and oxygen atoms in total. The van der Waals surface area contributed by atoms with Gasteiger partial charge in [0.15, 0.2) is 5.82 Å². The molecular weight excluding hydrogens is 408 g/mol. The molecule has 0 saturated carbocycles. The summed E-state index contributed by atoms with van der Waals surface area (Å²) in [4.78, 5) is 20.6. The third-order valence-corrected chi connectivity index (χ3v) is 4.84. The summed E-state index contributed by atoms with van der Waals surface area (Å²) in [7, 11) is 0. The highest BCUT2D eigenvalue weighted by molar-refractivity contribution is 5.84. The zero-order chi connectivity index (χ0) is 22.7. The second kappa shape index (κ2) is 8.81. The molecule has 0 spiro atoms. The number of benzene rings is 1. The summed E-state index contributed by atoms with van der Waals surface area (Å²) in [6.07, 6.45) is 6.67. The van der Waals surface area contributed by atoms with E-state index in [1.54, 1.807) is 12.5 Å². The van der Waals surface area contributed by atoms with Crippen molar-refractivity contribution in [3.63, 3.8) is 0 Å². The van der Waals surface area contributed by atoms with Gasteiger partial charge in [0.25, 0.3) is 0 Å². The Morgan fingerprint density at radius 2 is 1.97 bits per heavy atom. The van der Waals surface area contributed by atoms with Crippen LogP contribution in [-0.4, -0.2) is 53.9 Å². The number of anilines is 1. The van der Waals surface area contributed by atoms with E-state index in [2.05, 4.69) is 25.8 Å². The lowest BCUT2D eigenvalue weighted by Crippen LogP contribution is -2.33. The van der Waals surface area contributed by atoms with Crippen LogP contribution in [0, 0.1) is 6.92 Å². The van der Waals surface area contributed by atoms with Crippen LogP contribution in [0.15, 0.2) is 36.9 Å². The van der Waals surface area contributed by atoms with Crippen LogP contribution in [0.4, 0.5) is 10.6 Å². The second-order valence-electron chi connectivity index (χ2n) is 8.57. The highest BCUT2D eigenvalue weighted by Gasteiger charge is 2.16. The first-order valence-electron chi connectivity index (χ1n) is 10.7. The number of fused-ring (bicyclic) bond motifs is 3. The molecule has 10 heteroatoms. The maximum Gasteiger partial charge on any atom is 0.407 e. The fourth-order valence-electron chi connectivity index (χ4n) is 3.42. The molecule has 3 heterocycles. The lowest BCUT2D eigenvalue weighted by atomic mass is 10.2. The van der Waals surface area contributed by atoms with Crippen molar-refractivity contribution >= 4 is 28.6 Å². The molecule has 0 fully saturated rings. The van der Waals surface area contributed by atoms with Crippen LogP contribution >= 0.6 is 0 Å². The largest absolute Gasteiger partial charge is 0.444 e. The first kappa shape index (κ1) is 21.5. The molecule has 0 bridgehead atoms. The number of aromatic nitrogens is 6. The van der Waals surface area contributed by atoms with E-state index in [1.165, 1.54) is 0 Å². The van der Waals surface area contributed by atoms with Crippen LogP contribution in [0.25, 0.3) is 22.4 Å². The Bertz CT molecular complexity index is 1220. The number of unbranched alkanes of at least 4 members (excludes halogenated alkanes) is 1. The zero-order valence-corrected chi connectivity index (χ0v) is 18.8. The van der Waals surface area contributed by atoms with Crippen LogP contribution in [0.5, 0.6) is 0 Å². The van der Waals surface area contributed by atoms with E-state index >= 15 is 0 Å². The lowest BCUT2D eigenvalue weighted by molar-refractivity contribution is 0.0527. The smallest absolute Gasteiger partial charge is 0.407 e. The normalized spacial score (nSPS) is 11.8. The second-order valence-corrected chi connectivity index (χ2v) is 8.57. The predicted molar refractivity (Wildman–Crippen MR) is 122 cm³/mol. The molecule has 0 aliphatic heterocycles. The fraction of sp³-hybridized carbons (Fsp3) is 0.409. The minimum atomic E-state index is -0.493. The summed E-state index contributed by atoms with van der Waals surface area (Å²) in [5.74, 6) is 1.48. The molecular formula is C22H28N8O2. The van der Waals surface area contributed by atoms with E-state index in [0.717, 1.165) is 35.4 Å².